The maximum atomic E-state index is 12.3. The highest BCUT2D eigenvalue weighted by Gasteiger charge is 2.14. The molecule has 5 nitrogen and oxygen atoms in total. The van der Waals surface area contributed by atoms with Crippen LogP contribution in [0.15, 0.2) is 29.1 Å². The van der Waals surface area contributed by atoms with Crippen molar-refractivity contribution in [2.24, 2.45) is 13.0 Å². The molecule has 1 N–H and O–H groups in total. The summed E-state index contributed by atoms with van der Waals surface area (Å²) in [5.74, 6) is 0.811. The Morgan fingerprint density at radius 1 is 1.17 bits per heavy atom. The van der Waals surface area contributed by atoms with Crippen molar-refractivity contribution < 1.29 is 4.79 Å². The van der Waals surface area contributed by atoms with Crippen molar-refractivity contribution in [2.75, 3.05) is 6.54 Å². The molecule has 1 aliphatic rings. The van der Waals surface area contributed by atoms with Crippen LogP contribution in [0.25, 0.3) is 11.0 Å². The molecule has 0 unspecified atom stereocenters. The lowest BCUT2D eigenvalue weighted by Crippen LogP contribution is -2.29. The van der Waals surface area contributed by atoms with E-state index in [0.29, 0.717) is 13.0 Å². The lowest BCUT2D eigenvalue weighted by atomic mass is 9.87. The van der Waals surface area contributed by atoms with Gasteiger partial charge in [-0.1, -0.05) is 44.2 Å². The molecule has 1 aromatic carbocycles. The zero-order valence-electron chi connectivity index (χ0n) is 14.5. The van der Waals surface area contributed by atoms with Crippen LogP contribution in [0.2, 0.25) is 0 Å². The number of benzene rings is 1. The zero-order valence-corrected chi connectivity index (χ0v) is 14.5. The molecular formula is C19H27N3O2. The number of carbonyl (C=O) groups is 1. The van der Waals surface area contributed by atoms with Crippen LogP contribution in [-0.4, -0.2) is 21.6 Å². The summed E-state index contributed by atoms with van der Waals surface area (Å²) in [6.07, 6.45) is 8.08. The largest absolute Gasteiger partial charge is 0.356 e. The van der Waals surface area contributed by atoms with Gasteiger partial charge in [-0.3, -0.25) is 13.9 Å². The quantitative estimate of drug-likeness (QED) is 0.886. The molecule has 0 saturated heterocycles. The molecule has 2 aromatic rings. The number of carbonyl (C=O) groups excluding carboxylic acids is 1. The van der Waals surface area contributed by atoms with E-state index in [4.69, 9.17) is 0 Å². The highest BCUT2D eigenvalue weighted by molar-refractivity contribution is 5.77. The van der Waals surface area contributed by atoms with Crippen LogP contribution < -0.4 is 11.0 Å². The van der Waals surface area contributed by atoms with E-state index in [2.05, 4.69) is 5.32 Å². The first kappa shape index (κ1) is 16.8. The molecule has 1 fully saturated rings. The molecule has 0 aliphatic heterocycles. The Labute approximate surface area is 142 Å². The number of fused-ring (bicyclic) bond motifs is 1. The molecule has 24 heavy (non-hydrogen) atoms. The van der Waals surface area contributed by atoms with Gasteiger partial charge >= 0.3 is 5.69 Å². The Kier molecular flexibility index (Phi) is 5.38. The van der Waals surface area contributed by atoms with E-state index in [9.17, 15) is 9.59 Å². The highest BCUT2D eigenvalue weighted by Crippen LogP contribution is 2.25. The minimum Gasteiger partial charge on any atom is -0.356 e. The number of para-hydroxylation sites is 2. The Morgan fingerprint density at radius 2 is 1.88 bits per heavy atom. The molecule has 0 bridgehead atoms. The predicted molar refractivity (Wildman–Crippen MR) is 96.0 cm³/mol. The van der Waals surface area contributed by atoms with Gasteiger partial charge in [0, 0.05) is 26.6 Å². The molecule has 1 saturated carbocycles. The van der Waals surface area contributed by atoms with Crippen LogP contribution >= 0.6 is 0 Å². The van der Waals surface area contributed by atoms with Crippen molar-refractivity contribution in [2.45, 2.75) is 51.5 Å². The van der Waals surface area contributed by atoms with Crippen LogP contribution in [0.4, 0.5) is 0 Å². The number of imidazole rings is 1. The third kappa shape index (κ3) is 3.71. The summed E-state index contributed by atoms with van der Waals surface area (Å²) in [5.41, 5.74) is 1.73. The monoisotopic (exact) mass is 329 g/mol. The van der Waals surface area contributed by atoms with Crippen LogP contribution in [0.3, 0.4) is 0 Å². The third-order valence-electron chi connectivity index (χ3n) is 5.21. The normalized spacial score (nSPS) is 15.7. The first-order valence-corrected chi connectivity index (χ1v) is 9.08. The van der Waals surface area contributed by atoms with Crippen LogP contribution in [0.1, 0.15) is 44.9 Å². The fourth-order valence-electron chi connectivity index (χ4n) is 3.77. The van der Waals surface area contributed by atoms with Gasteiger partial charge < -0.3 is 5.32 Å². The topological polar surface area (TPSA) is 56.0 Å². The highest BCUT2D eigenvalue weighted by atomic mass is 16.2. The number of aryl methyl sites for hydroxylation is 2. The summed E-state index contributed by atoms with van der Waals surface area (Å²) in [4.78, 5) is 24.4. The van der Waals surface area contributed by atoms with Crippen molar-refractivity contribution in [1.29, 1.82) is 0 Å². The summed E-state index contributed by atoms with van der Waals surface area (Å²) < 4.78 is 3.33. The smallest absolute Gasteiger partial charge is 0.328 e. The number of aromatic nitrogens is 2. The van der Waals surface area contributed by atoms with E-state index in [-0.39, 0.29) is 11.6 Å². The summed E-state index contributed by atoms with van der Waals surface area (Å²) >= 11 is 0. The van der Waals surface area contributed by atoms with Gasteiger partial charge in [-0.2, -0.15) is 0 Å². The van der Waals surface area contributed by atoms with Gasteiger partial charge in [0.1, 0.15) is 0 Å². The first-order chi connectivity index (χ1) is 11.7. The Hall–Kier alpha value is -2.04. The van der Waals surface area contributed by atoms with Crippen molar-refractivity contribution in [3.8, 4) is 0 Å². The molecule has 1 amide bonds. The fourth-order valence-corrected chi connectivity index (χ4v) is 3.77. The molecular weight excluding hydrogens is 302 g/mol. The fraction of sp³-hybridized carbons (Fsp3) is 0.579. The molecule has 0 spiro atoms. The number of amides is 1. The average molecular weight is 329 g/mol. The van der Waals surface area contributed by atoms with Crippen molar-refractivity contribution in [3.63, 3.8) is 0 Å². The second kappa shape index (κ2) is 7.69. The number of hydrogen-bond donors (Lipinski definition) is 1. The van der Waals surface area contributed by atoms with E-state index in [0.717, 1.165) is 29.9 Å². The lowest BCUT2D eigenvalue weighted by Gasteiger charge is -2.21. The standard InChI is InChI=1S/C19H27N3O2/c1-21-16-9-5-6-10-17(16)22(19(21)24)14-12-18(23)20-13-11-15-7-3-2-4-8-15/h5-6,9-10,15H,2-4,7-8,11-14H2,1H3,(H,20,23). The molecule has 1 heterocycles. The second-order valence-electron chi connectivity index (χ2n) is 6.87. The van der Waals surface area contributed by atoms with E-state index in [1.54, 1.807) is 16.2 Å². The van der Waals surface area contributed by atoms with Gasteiger partial charge in [0.2, 0.25) is 5.91 Å². The Morgan fingerprint density at radius 3 is 2.62 bits per heavy atom. The molecule has 0 radical (unpaired) electrons. The maximum absolute atomic E-state index is 12.3. The van der Waals surface area contributed by atoms with Gasteiger partial charge in [0.05, 0.1) is 11.0 Å². The average Bonchev–Trinajstić information content (AvgIpc) is 2.85. The number of rotatable bonds is 6. The molecule has 130 valence electrons. The Bertz CT molecular complexity index is 754. The van der Waals surface area contributed by atoms with Crippen molar-refractivity contribution in [3.05, 3.63) is 34.7 Å². The number of hydrogen-bond acceptors (Lipinski definition) is 2. The summed E-state index contributed by atoms with van der Waals surface area (Å²) in [5, 5.41) is 3.01. The summed E-state index contributed by atoms with van der Waals surface area (Å²) in [6.45, 7) is 1.18. The maximum Gasteiger partial charge on any atom is 0.328 e. The van der Waals surface area contributed by atoms with Gasteiger partial charge in [-0.15, -0.1) is 0 Å². The van der Waals surface area contributed by atoms with Crippen LogP contribution in [0, 0.1) is 5.92 Å². The predicted octanol–water partition coefficient (Wildman–Crippen LogP) is 2.82. The minimum absolute atomic E-state index is 0.0330. The third-order valence-corrected chi connectivity index (χ3v) is 5.21. The summed E-state index contributed by atoms with van der Waals surface area (Å²) in [6, 6.07) is 7.70. The lowest BCUT2D eigenvalue weighted by molar-refractivity contribution is -0.121. The van der Waals surface area contributed by atoms with E-state index >= 15 is 0 Å². The van der Waals surface area contributed by atoms with Gasteiger partial charge in [0.25, 0.3) is 0 Å². The van der Waals surface area contributed by atoms with Crippen LogP contribution in [-0.2, 0) is 18.4 Å². The van der Waals surface area contributed by atoms with Gasteiger partial charge in [-0.05, 0) is 24.5 Å². The second-order valence-corrected chi connectivity index (χ2v) is 6.87. The first-order valence-electron chi connectivity index (χ1n) is 9.08. The molecule has 1 aliphatic carbocycles. The van der Waals surface area contributed by atoms with E-state index < -0.39 is 0 Å². The SMILES string of the molecule is Cn1c(=O)n(CCC(=O)NCCC2CCCCC2)c2ccccc21. The minimum atomic E-state index is -0.0637. The van der Waals surface area contributed by atoms with E-state index in [1.807, 2.05) is 24.3 Å². The number of nitrogens with zero attached hydrogens (tertiary/aromatic N) is 2. The molecule has 0 atom stereocenters. The van der Waals surface area contributed by atoms with Gasteiger partial charge in [-0.25, -0.2) is 4.79 Å². The van der Waals surface area contributed by atoms with Crippen molar-refractivity contribution in [1.82, 2.24) is 14.5 Å². The molecule has 1 aromatic heterocycles. The summed E-state index contributed by atoms with van der Waals surface area (Å²) in [7, 11) is 1.77. The van der Waals surface area contributed by atoms with Gasteiger partial charge in [0.15, 0.2) is 0 Å². The molecule has 5 heteroatoms. The zero-order chi connectivity index (χ0) is 16.9. The van der Waals surface area contributed by atoms with Crippen LogP contribution in [0.5, 0.6) is 0 Å². The Balaban J connectivity index is 1.51. The van der Waals surface area contributed by atoms with E-state index in [1.165, 1.54) is 32.1 Å². The van der Waals surface area contributed by atoms with Crippen molar-refractivity contribution >= 4 is 16.9 Å². The number of nitrogens with one attached hydrogen (secondary N) is 1. The molecule has 3 rings (SSSR count).